The lowest BCUT2D eigenvalue weighted by Gasteiger charge is -2.05. The maximum atomic E-state index is 5.20. The summed E-state index contributed by atoms with van der Waals surface area (Å²) in [5, 5.41) is 0. The molecule has 0 nitrogen and oxygen atoms in total. The van der Waals surface area contributed by atoms with Crippen LogP contribution in [0.4, 0.5) is 0 Å². The molecule has 0 atom stereocenters. The summed E-state index contributed by atoms with van der Waals surface area (Å²) in [6, 6.07) is 14.3. The fraction of sp³-hybridized carbons (Fsp3) is 0.500. The Kier molecular flexibility index (Phi) is 25.1. The van der Waals surface area contributed by atoms with Gasteiger partial charge in [0.1, 0.15) is 0 Å². The van der Waals surface area contributed by atoms with Crippen molar-refractivity contribution in [2.75, 3.05) is 0 Å². The quantitative estimate of drug-likeness (QED) is 0.409. The van der Waals surface area contributed by atoms with E-state index in [-0.39, 0.29) is 0 Å². The maximum absolute atomic E-state index is 5.20. The summed E-state index contributed by atoms with van der Waals surface area (Å²) >= 11 is 0. The van der Waals surface area contributed by atoms with Crippen LogP contribution in [0.2, 0.25) is 0 Å². The van der Waals surface area contributed by atoms with Gasteiger partial charge in [-0.15, -0.1) is 6.42 Å². The van der Waals surface area contributed by atoms with Gasteiger partial charge in [0.2, 0.25) is 0 Å². The average molecular weight is 437 g/mol. The highest BCUT2D eigenvalue weighted by molar-refractivity contribution is 5.64. The summed E-state index contributed by atoms with van der Waals surface area (Å²) in [5.41, 5.74) is 7.19. The van der Waals surface area contributed by atoms with Crippen molar-refractivity contribution in [3.63, 3.8) is 0 Å². The summed E-state index contributed by atoms with van der Waals surface area (Å²) in [4.78, 5) is 0. The average Bonchev–Trinajstić information content (AvgIpc) is 2.79. The van der Waals surface area contributed by atoms with Crippen LogP contribution in [0.25, 0.3) is 5.57 Å². The minimum Gasteiger partial charge on any atom is -0.115 e. The lowest BCUT2D eigenvalue weighted by Crippen LogP contribution is -1.91. The van der Waals surface area contributed by atoms with Crippen LogP contribution in [0.5, 0.6) is 0 Å². The molecule has 0 aliphatic carbocycles. The molecule has 2 aromatic carbocycles. The molecule has 0 amide bonds. The number of hydrogen-bond acceptors (Lipinski definition) is 0. The predicted octanol–water partition coefficient (Wildman–Crippen LogP) is 10.6. The Morgan fingerprint density at radius 3 is 1.72 bits per heavy atom. The SMILES string of the molecule is C#Cc1ccccc1C.C=C(C)c1cc(C)ccc1C.CC.CC.CCCC(C)CCC. The zero-order chi connectivity index (χ0) is 25.5. The molecule has 0 heteroatoms. The third-order valence-electron chi connectivity index (χ3n) is 4.72. The Morgan fingerprint density at radius 2 is 1.38 bits per heavy atom. The molecule has 0 heterocycles. The van der Waals surface area contributed by atoms with Gasteiger partial charge in [0, 0.05) is 5.56 Å². The molecule has 0 N–H and O–H groups in total. The lowest BCUT2D eigenvalue weighted by atomic mass is 10.0. The molecular formula is C32H52. The number of allylic oxidation sites excluding steroid dienone is 1. The van der Waals surface area contributed by atoms with Crippen LogP contribution in [0.1, 0.15) is 109 Å². The van der Waals surface area contributed by atoms with Crippen LogP contribution in [0, 0.1) is 39.0 Å². The van der Waals surface area contributed by atoms with Gasteiger partial charge in [0.05, 0.1) is 0 Å². The Morgan fingerprint density at radius 1 is 0.875 bits per heavy atom. The fourth-order valence-corrected chi connectivity index (χ4v) is 3.06. The first kappa shape index (κ1) is 34.4. The van der Waals surface area contributed by atoms with Crippen LogP contribution in [0.15, 0.2) is 49.0 Å². The number of hydrogen-bond donors (Lipinski definition) is 0. The van der Waals surface area contributed by atoms with E-state index in [1.807, 2.05) is 65.8 Å². The summed E-state index contributed by atoms with van der Waals surface area (Å²) in [6.45, 7) is 27.0. The lowest BCUT2D eigenvalue weighted by molar-refractivity contribution is 0.480. The molecule has 180 valence electrons. The van der Waals surface area contributed by atoms with Gasteiger partial charge in [-0.1, -0.05) is 134 Å². The normalized spacial score (nSPS) is 8.72. The highest BCUT2D eigenvalue weighted by Gasteiger charge is 1.97. The molecular weight excluding hydrogens is 384 g/mol. The second-order valence-electron chi connectivity index (χ2n) is 7.74. The van der Waals surface area contributed by atoms with Crippen molar-refractivity contribution >= 4 is 5.57 Å². The van der Waals surface area contributed by atoms with Gasteiger partial charge in [-0.3, -0.25) is 0 Å². The molecule has 0 aromatic heterocycles. The van der Waals surface area contributed by atoms with E-state index in [4.69, 9.17) is 6.42 Å². The molecule has 0 aliphatic rings. The van der Waals surface area contributed by atoms with E-state index >= 15 is 0 Å². The van der Waals surface area contributed by atoms with Gasteiger partial charge in [-0.2, -0.15) is 0 Å². The number of terminal acetylenes is 1. The van der Waals surface area contributed by atoms with Gasteiger partial charge in [0.25, 0.3) is 0 Å². The Bertz CT molecular complexity index is 737. The van der Waals surface area contributed by atoms with Gasteiger partial charge >= 0.3 is 0 Å². The summed E-state index contributed by atoms with van der Waals surface area (Å²) in [6.07, 6.45) is 10.7. The van der Waals surface area contributed by atoms with E-state index in [1.54, 1.807) is 0 Å². The van der Waals surface area contributed by atoms with Crippen LogP contribution in [-0.4, -0.2) is 0 Å². The van der Waals surface area contributed by atoms with Crippen molar-refractivity contribution < 1.29 is 0 Å². The first-order chi connectivity index (χ1) is 15.3. The Hall–Kier alpha value is -2.26. The third-order valence-corrected chi connectivity index (χ3v) is 4.72. The van der Waals surface area contributed by atoms with Crippen molar-refractivity contribution in [2.45, 2.75) is 102 Å². The zero-order valence-corrected chi connectivity index (χ0v) is 23.2. The molecule has 0 bridgehead atoms. The molecule has 0 saturated carbocycles. The molecule has 0 aliphatic heterocycles. The minimum absolute atomic E-state index is 0.963. The van der Waals surface area contributed by atoms with E-state index in [0.717, 1.165) is 17.1 Å². The molecule has 0 unspecified atom stereocenters. The van der Waals surface area contributed by atoms with Crippen LogP contribution < -0.4 is 0 Å². The molecule has 0 radical (unpaired) electrons. The standard InChI is InChI=1S/C11H14.C9H8.C8H18.2C2H6/c1-8(2)11-7-9(3)5-6-10(11)4;1-3-9-7-5-4-6-8(9)2;1-4-6-8(3)7-5-2;2*1-2/h5-7H,1H2,2-4H3;1,4-7H,2H3;8H,4-7H2,1-3H3;2*1-2H3. The first-order valence-corrected chi connectivity index (χ1v) is 12.5. The molecule has 2 aromatic rings. The van der Waals surface area contributed by atoms with Crippen molar-refractivity contribution in [3.05, 3.63) is 76.9 Å². The Balaban J connectivity index is -0.000000369. The summed E-state index contributed by atoms with van der Waals surface area (Å²) < 4.78 is 0. The van der Waals surface area contributed by atoms with Gasteiger partial charge in [0.15, 0.2) is 0 Å². The largest absolute Gasteiger partial charge is 0.115 e. The third kappa shape index (κ3) is 17.4. The second kappa shape index (κ2) is 23.4. The summed E-state index contributed by atoms with van der Waals surface area (Å²) in [7, 11) is 0. The van der Waals surface area contributed by atoms with E-state index in [1.165, 1.54) is 47.9 Å². The topological polar surface area (TPSA) is 0 Å². The van der Waals surface area contributed by atoms with E-state index in [2.05, 4.69) is 65.3 Å². The fourth-order valence-electron chi connectivity index (χ4n) is 3.06. The molecule has 0 fully saturated rings. The number of aryl methyl sites for hydroxylation is 3. The van der Waals surface area contributed by atoms with Crippen LogP contribution in [0.3, 0.4) is 0 Å². The summed E-state index contributed by atoms with van der Waals surface area (Å²) in [5.74, 6) is 3.56. The number of benzene rings is 2. The number of rotatable bonds is 5. The predicted molar refractivity (Wildman–Crippen MR) is 151 cm³/mol. The molecule has 32 heavy (non-hydrogen) atoms. The first-order valence-electron chi connectivity index (χ1n) is 12.5. The second-order valence-corrected chi connectivity index (χ2v) is 7.74. The molecule has 2 rings (SSSR count). The minimum atomic E-state index is 0.963. The smallest absolute Gasteiger partial charge is 0.0271 e. The molecule has 0 saturated heterocycles. The van der Waals surface area contributed by atoms with Crippen LogP contribution in [-0.2, 0) is 0 Å². The van der Waals surface area contributed by atoms with Crippen molar-refractivity contribution in [1.29, 1.82) is 0 Å². The van der Waals surface area contributed by atoms with Gasteiger partial charge in [-0.25, -0.2) is 0 Å². The van der Waals surface area contributed by atoms with Gasteiger partial charge in [-0.05, 0) is 56.4 Å². The zero-order valence-electron chi connectivity index (χ0n) is 23.2. The van der Waals surface area contributed by atoms with Crippen molar-refractivity contribution in [2.24, 2.45) is 5.92 Å². The van der Waals surface area contributed by atoms with Crippen molar-refractivity contribution in [3.8, 4) is 12.3 Å². The van der Waals surface area contributed by atoms with E-state index in [0.29, 0.717) is 0 Å². The van der Waals surface area contributed by atoms with E-state index < -0.39 is 0 Å². The van der Waals surface area contributed by atoms with E-state index in [9.17, 15) is 0 Å². The highest BCUT2D eigenvalue weighted by Crippen LogP contribution is 2.17. The Labute approximate surface area is 202 Å². The monoisotopic (exact) mass is 436 g/mol. The molecule has 0 spiro atoms. The highest BCUT2D eigenvalue weighted by atomic mass is 14.0. The van der Waals surface area contributed by atoms with Gasteiger partial charge < -0.3 is 0 Å². The van der Waals surface area contributed by atoms with Crippen molar-refractivity contribution in [1.82, 2.24) is 0 Å². The maximum Gasteiger partial charge on any atom is 0.0271 e. The van der Waals surface area contributed by atoms with Crippen LogP contribution >= 0.6 is 0 Å².